The molecule has 3 nitrogen and oxygen atoms in total. The summed E-state index contributed by atoms with van der Waals surface area (Å²) in [6, 6.07) is 8.77. The fourth-order valence-electron chi connectivity index (χ4n) is 1.87. The largest absolute Gasteiger partial charge is 0.374 e. The highest BCUT2D eigenvalue weighted by molar-refractivity contribution is 5.50. The summed E-state index contributed by atoms with van der Waals surface area (Å²) < 4.78 is 26.7. The Labute approximate surface area is 115 Å². The van der Waals surface area contributed by atoms with Crippen molar-refractivity contribution in [2.24, 2.45) is 0 Å². The minimum Gasteiger partial charge on any atom is -0.374 e. The number of rotatable bonds is 4. The average molecular weight is 273 g/mol. The van der Waals surface area contributed by atoms with Crippen LogP contribution in [0.4, 0.5) is 14.5 Å². The van der Waals surface area contributed by atoms with Crippen molar-refractivity contribution in [1.82, 2.24) is 4.98 Å². The normalized spacial score (nSPS) is 11.7. The smallest absolute Gasteiger partial charge is 0.147 e. The fraction of sp³-hybridized carbons (Fsp3) is 0.200. The molecule has 0 aliphatic rings. The van der Waals surface area contributed by atoms with Gasteiger partial charge in [0.25, 0.3) is 0 Å². The van der Waals surface area contributed by atoms with Gasteiger partial charge in [-0.05, 0) is 36.8 Å². The van der Waals surface area contributed by atoms with Gasteiger partial charge in [-0.15, -0.1) is 0 Å². The summed E-state index contributed by atoms with van der Waals surface area (Å²) in [5, 5.41) is 11.7. The lowest BCUT2D eigenvalue weighted by Crippen LogP contribution is -2.12. The molecule has 1 unspecified atom stereocenters. The van der Waals surface area contributed by atoms with Crippen molar-refractivity contribution >= 4 is 5.69 Å². The van der Waals surface area contributed by atoms with Gasteiger partial charge >= 0.3 is 0 Å². The van der Waals surface area contributed by atoms with E-state index in [1.807, 2.05) is 13.0 Å². The zero-order valence-electron chi connectivity index (χ0n) is 10.9. The van der Waals surface area contributed by atoms with E-state index >= 15 is 0 Å². The number of pyridine rings is 1. The summed E-state index contributed by atoms with van der Waals surface area (Å²) in [6.07, 6.45) is 1.80. The van der Waals surface area contributed by atoms with Crippen LogP contribution in [0.3, 0.4) is 0 Å². The number of benzene rings is 1. The number of nitrogens with zero attached hydrogens (tertiary/aromatic N) is 2. The highest BCUT2D eigenvalue weighted by Crippen LogP contribution is 2.23. The van der Waals surface area contributed by atoms with Crippen LogP contribution >= 0.6 is 0 Å². The van der Waals surface area contributed by atoms with Crippen LogP contribution in [0.15, 0.2) is 36.5 Å². The first kappa shape index (κ1) is 13.9. The van der Waals surface area contributed by atoms with E-state index in [2.05, 4.69) is 10.3 Å². The first-order chi connectivity index (χ1) is 9.63. The Morgan fingerprint density at radius 3 is 2.65 bits per heavy atom. The summed E-state index contributed by atoms with van der Waals surface area (Å²) in [5.41, 5.74) is 1.20. The maximum absolute atomic E-state index is 13.8. The highest BCUT2D eigenvalue weighted by atomic mass is 19.1. The number of hydrogen-bond donors (Lipinski definition) is 1. The van der Waals surface area contributed by atoms with Gasteiger partial charge in [0.05, 0.1) is 35.3 Å². The standard InChI is InChI=1S/C15H13F2N3/c1-2-13(15-6-4-11(16)9-19-15)20-14-5-3-10(8-18)7-12(14)17/h3-7,9,13,20H,2H2,1H3. The van der Waals surface area contributed by atoms with Gasteiger partial charge in [-0.2, -0.15) is 5.26 Å². The third-order valence-electron chi connectivity index (χ3n) is 2.94. The molecule has 0 bridgehead atoms. The lowest BCUT2D eigenvalue weighted by molar-refractivity contribution is 0.609. The quantitative estimate of drug-likeness (QED) is 0.921. The van der Waals surface area contributed by atoms with Crippen LogP contribution in [0.1, 0.15) is 30.6 Å². The maximum atomic E-state index is 13.8. The molecular formula is C15H13F2N3. The number of anilines is 1. The molecule has 2 aromatic rings. The summed E-state index contributed by atoms with van der Waals surface area (Å²) in [4.78, 5) is 4.00. The van der Waals surface area contributed by atoms with Crippen molar-refractivity contribution in [3.63, 3.8) is 0 Å². The van der Waals surface area contributed by atoms with Gasteiger partial charge in [0.2, 0.25) is 0 Å². The number of nitriles is 1. The Morgan fingerprint density at radius 2 is 2.10 bits per heavy atom. The van der Waals surface area contributed by atoms with E-state index in [1.165, 1.54) is 24.3 Å². The van der Waals surface area contributed by atoms with E-state index in [-0.39, 0.29) is 11.6 Å². The number of hydrogen-bond acceptors (Lipinski definition) is 3. The molecule has 1 atom stereocenters. The molecule has 0 radical (unpaired) electrons. The zero-order chi connectivity index (χ0) is 14.5. The van der Waals surface area contributed by atoms with Crippen molar-refractivity contribution in [1.29, 1.82) is 5.26 Å². The van der Waals surface area contributed by atoms with Crippen molar-refractivity contribution in [3.8, 4) is 6.07 Å². The molecule has 0 aliphatic carbocycles. The lowest BCUT2D eigenvalue weighted by Gasteiger charge is -2.18. The first-order valence-electron chi connectivity index (χ1n) is 6.21. The van der Waals surface area contributed by atoms with Gasteiger partial charge < -0.3 is 5.32 Å². The molecule has 1 aromatic heterocycles. The topological polar surface area (TPSA) is 48.7 Å². The van der Waals surface area contributed by atoms with Crippen LogP contribution in [0.5, 0.6) is 0 Å². The predicted octanol–water partition coefficient (Wildman–Crippen LogP) is 3.79. The number of nitrogens with one attached hydrogen (secondary N) is 1. The zero-order valence-corrected chi connectivity index (χ0v) is 10.9. The molecule has 1 aromatic carbocycles. The van der Waals surface area contributed by atoms with Crippen LogP contribution < -0.4 is 5.32 Å². The summed E-state index contributed by atoms with van der Waals surface area (Å²) in [6.45, 7) is 1.92. The molecule has 0 saturated heterocycles. The minimum atomic E-state index is -0.496. The Kier molecular flexibility index (Phi) is 4.26. The molecule has 1 heterocycles. The molecule has 0 saturated carbocycles. The van der Waals surface area contributed by atoms with Crippen LogP contribution in [0.25, 0.3) is 0 Å². The van der Waals surface area contributed by atoms with Gasteiger partial charge in [-0.3, -0.25) is 4.98 Å². The van der Waals surface area contributed by atoms with E-state index in [0.717, 1.165) is 6.20 Å². The van der Waals surface area contributed by atoms with Crippen molar-refractivity contribution in [3.05, 3.63) is 59.4 Å². The summed E-state index contributed by atoms with van der Waals surface area (Å²) in [5.74, 6) is -0.905. The average Bonchev–Trinajstić information content (AvgIpc) is 2.47. The van der Waals surface area contributed by atoms with Crippen LogP contribution in [-0.2, 0) is 0 Å². The third kappa shape index (κ3) is 3.09. The van der Waals surface area contributed by atoms with E-state index in [9.17, 15) is 8.78 Å². The molecule has 102 valence electrons. The van der Waals surface area contributed by atoms with Crippen LogP contribution in [0.2, 0.25) is 0 Å². The number of halogens is 2. The molecular weight excluding hydrogens is 260 g/mol. The van der Waals surface area contributed by atoms with Gasteiger partial charge in [0, 0.05) is 0 Å². The Morgan fingerprint density at radius 1 is 1.30 bits per heavy atom. The molecule has 0 fully saturated rings. The molecule has 5 heteroatoms. The number of aromatic nitrogens is 1. The Bertz CT molecular complexity index is 633. The van der Waals surface area contributed by atoms with E-state index in [4.69, 9.17) is 5.26 Å². The predicted molar refractivity (Wildman–Crippen MR) is 72.0 cm³/mol. The van der Waals surface area contributed by atoms with Gasteiger partial charge in [-0.25, -0.2) is 8.78 Å². The van der Waals surface area contributed by atoms with E-state index < -0.39 is 11.6 Å². The molecule has 2 rings (SSSR count). The molecule has 0 amide bonds. The van der Waals surface area contributed by atoms with Crippen molar-refractivity contribution < 1.29 is 8.78 Å². The van der Waals surface area contributed by atoms with Gasteiger partial charge in [0.15, 0.2) is 0 Å². The molecule has 0 aliphatic heterocycles. The summed E-state index contributed by atoms with van der Waals surface area (Å²) >= 11 is 0. The Balaban J connectivity index is 2.22. The molecule has 20 heavy (non-hydrogen) atoms. The second-order valence-electron chi connectivity index (χ2n) is 4.31. The third-order valence-corrected chi connectivity index (χ3v) is 2.94. The lowest BCUT2D eigenvalue weighted by atomic mass is 10.1. The Hall–Kier alpha value is -2.48. The van der Waals surface area contributed by atoms with E-state index in [1.54, 1.807) is 6.07 Å². The van der Waals surface area contributed by atoms with Crippen LogP contribution in [-0.4, -0.2) is 4.98 Å². The second kappa shape index (κ2) is 6.11. The maximum Gasteiger partial charge on any atom is 0.147 e. The van der Waals surface area contributed by atoms with Crippen molar-refractivity contribution in [2.75, 3.05) is 5.32 Å². The van der Waals surface area contributed by atoms with Gasteiger partial charge in [0.1, 0.15) is 11.6 Å². The molecule has 0 spiro atoms. The first-order valence-corrected chi connectivity index (χ1v) is 6.21. The second-order valence-corrected chi connectivity index (χ2v) is 4.31. The summed E-state index contributed by atoms with van der Waals surface area (Å²) in [7, 11) is 0. The fourth-order valence-corrected chi connectivity index (χ4v) is 1.87. The monoisotopic (exact) mass is 273 g/mol. The minimum absolute atomic E-state index is 0.224. The SMILES string of the molecule is CCC(Nc1ccc(C#N)cc1F)c1ccc(F)cn1. The van der Waals surface area contributed by atoms with E-state index in [0.29, 0.717) is 17.8 Å². The van der Waals surface area contributed by atoms with Crippen molar-refractivity contribution in [2.45, 2.75) is 19.4 Å². The van der Waals surface area contributed by atoms with Gasteiger partial charge in [-0.1, -0.05) is 6.92 Å². The molecule has 1 N–H and O–H groups in total. The highest BCUT2D eigenvalue weighted by Gasteiger charge is 2.13. The van der Waals surface area contributed by atoms with Crippen LogP contribution in [0, 0.1) is 23.0 Å².